The van der Waals surface area contributed by atoms with Crippen molar-refractivity contribution in [2.75, 3.05) is 45.9 Å². The molecule has 2 heterocycles. The third kappa shape index (κ3) is 5.70. The Morgan fingerprint density at radius 1 is 1.19 bits per heavy atom. The lowest BCUT2D eigenvalue weighted by Crippen LogP contribution is -2.51. The van der Waals surface area contributed by atoms with E-state index in [-0.39, 0.29) is 17.9 Å². The molecule has 1 unspecified atom stereocenters. The van der Waals surface area contributed by atoms with Gasteiger partial charge in [-0.1, -0.05) is 29.8 Å². The van der Waals surface area contributed by atoms with Crippen LogP contribution < -0.4 is 5.32 Å². The Balaban J connectivity index is 1.40. The van der Waals surface area contributed by atoms with Gasteiger partial charge >= 0.3 is 6.03 Å². The second kappa shape index (κ2) is 9.74. The first-order valence-electron chi connectivity index (χ1n) is 10.1. The smallest absolute Gasteiger partial charge is 0.317 e. The third-order valence-corrected chi connectivity index (χ3v) is 5.38. The highest BCUT2D eigenvalue weighted by Crippen LogP contribution is 2.19. The molecule has 0 bridgehead atoms. The van der Waals surface area contributed by atoms with Gasteiger partial charge < -0.3 is 19.9 Å². The van der Waals surface area contributed by atoms with Crippen molar-refractivity contribution in [1.82, 2.24) is 15.1 Å². The fourth-order valence-corrected chi connectivity index (χ4v) is 3.87. The summed E-state index contributed by atoms with van der Waals surface area (Å²) in [6.45, 7) is 6.58. The fourth-order valence-electron chi connectivity index (χ4n) is 3.87. The molecule has 3 amide bonds. The predicted molar refractivity (Wildman–Crippen MR) is 105 cm³/mol. The van der Waals surface area contributed by atoms with Crippen LogP contribution in [0.15, 0.2) is 24.3 Å². The summed E-state index contributed by atoms with van der Waals surface area (Å²) in [6, 6.07) is 8.44. The van der Waals surface area contributed by atoms with E-state index in [4.69, 9.17) is 4.74 Å². The number of carbonyl (C=O) groups is 2. The van der Waals surface area contributed by atoms with Gasteiger partial charge in [-0.05, 0) is 38.2 Å². The number of urea groups is 1. The SMILES string of the molecule is Cc1cccc(CCCNC(=O)N2CCCC(C(=O)N3CCOCC3)C2)c1. The van der Waals surface area contributed by atoms with Crippen molar-refractivity contribution in [2.45, 2.75) is 32.6 Å². The molecule has 1 N–H and O–H groups in total. The summed E-state index contributed by atoms with van der Waals surface area (Å²) in [5, 5.41) is 3.02. The van der Waals surface area contributed by atoms with Crippen molar-refractivity contribution < 1.29 is 14.3 Å². The van der Waals surface area contributed by atoms with E-state index in [0.29, 0.717) is 39.4 Å². The van der Waals surface area contributed by atoms with E-state index in [0.717, 1.165) is 32.2 Å². The Hall–Kier alpha value is -2.08. The van der Waals surface area contributed by atoms with Crippen LogP contribution in [0.5, 0.6) is 0 Å². The summed E-state index contributed by atoms with van der Waals surface area (Å²) in [6.07, 6.45) is 3.63. The standard InChI is InChI=1S/C21H31N3O3/c1-17-5-2-6-18(15-17)7-3-9-22-21(26)24-10-4-8-19(16-24)20(25)23-11-13-27-14-12-23/h2,5-6,15,19H,3-4,7-14,16H2,1H3,(H,22,26). The van der Waals surface area contributed by atoms with E-state index >= 15 is 0 Å². The molecule has 3 rings (SSSR count). The van der Waals surface area contributed by atoms with E-state index in [1.165, 1.54) is 11.1 Å². The van der Waals surface area contributed by atoms with Gasteiger partial charge in [-0.15, -0.1) is 0 Å². The van der Waals surface area contributed by atoms with E-state index in [9.17, 15) is 9.59 Å². The van der Waals surface area contributed by atoms with E-state index in [1.54, 1.807) is 4.90 Å². The number of nitrogens with zero attached hydrogens (tertiary/aromatic N) is 2. The minimum absolute atomic E-state index is 0.0429. The summed E-state index contributed by atoms with van der Waals surface area (Å²) in [5.41, 5.74) is 2.57. The maximum absolute atomic E-state index is 12.7. The van der Waals surface area contributed by atoms with E-state index in [1.807, 2.05) is 4.90 Å². The summed E-state index contributed by atoms with van der Waals surface area (Å²) in [5.74, 6) is 0.102. The molecule has 0 aromatic heterocycles. The molecule has 148 valence electrons. The Morgan fingerprint density at radius 2 is 2.00 bits per heavy atom. The molecule has 2 fully saturated rings. The molecule has 2 aliphatic rings. The van der Waals surface area contributed by atoms with Crippen LogP contribution in [-0.4, -0.2) is 67.7 Å². The summed E-state index contributed by atoms with van der Waals surface area (Å²) in [7, 11) is 0. The zero-order valence-electron chi connectivity index (χ0n) is 16.3. The number of amides is 3. The Bertz CT molecular complexity index is 643. The van der Waals surface area contributed by atoms with Crippen molar-refractivity contribution in [3.63, 3.8) is 0 Å². The minimum Gasteiger partial charge on any atom is -0.378 e. The fraction of sp³-hybridized carbons (Fsp3) is 0.619. The molecule has 6 nitrogen and oxygen atoms in total. The van der Waals surface area contributed by atoms with Crippen LogP contribution in [0.2, 0.25) is 0 Å². The normalized spacial score (nSPS) is 20.4. The average Bonchev–Trinajstić information content (AvgIpc) is 2.71. The van der Waals surface area contributed by atoms with Gasteiger partial charge in [0.15, 0.2) is 0 Å². The minimum atomic E-state index is -0.0742. The Morgan fingerprint density at radius 3 is 2.78 bits per heavy atom. The summed E-state index contributed by atoms with van der Waals surface area (Å²) >= 11 is 0. The zero-order valence-corrected chi connectivity index (χ0v) is 16.3. The zero-order chi connectivity index (χ0) is 19.1. The van der Waals surface area contributed by atoms with Crippen LogP contribution >= 0.6 is 0 Å². The number of likely N-dealkylation sites (tertiary alicyclic amines) is 1. The molecule has 1 aromatic carbocycles. The lowest BCUT2D eigenvalue weighted by molar-refractivity contribution is -0.141. The van der Waals surface area contributed by atoms with E-state index < -0.39 is 0 Å². The van der Waals surface area contributed by atoms with Crippen LogP contribution in [-0.2, 0) is 16.0 Å². The Kier molecular flexibility index (Phi) is 7.10. The number of rotatable bonds is 5. The monoisotopic (exact) mass is 373 g/mol. The van der Waals surface area contributed by atoms with Crippen molar-refractivity contribution in [1.29, 1.82) is 0 Å². The lowest BCUT2D eigenvalue weighted by atomic mass is 9.96. The van der Waals surface area contributed by atoms with Gasteiger partial charge in [0.2, 0.25) is 5.91 Å². The third-order valence-electron chi connectivity index (χ3n) is 5.38. The maximum Gasteiger partial charge on any atom is 0.317 e. The number of aryl methyl sites for hydroxylation is 2. The molecular formula is C21H31N3O3. The number of piperidine rings is 1. The van der Waals surface area contributed by atoms with Gasteiger partial charge in [-0.3, -0.25) is 4.79 Å². The summed E-state index contributed by atoms with van der Waals surface area (Å²) < 4.78 is 5.32. The van der Waals surface area contributed by atoms with Gasteiger partial charge in [0.05, 0.1) is 19.1 Å². The lowest BCUT2D eigenvalue weighted by Gasteiger charge is -2.36. The van der Waals surface area contributed by atoms with Crippen LogP contribution in [0.4, 0.5) is 4.79 Å². The van der Waals surface area contributed by atoms with E-state index in [2.05, 4.69) is 36.5 Å². The van der Waals surface area contributed by atoms with Gasteiger partial charge in [-0.25, -0.2) is 4.79 Å². The topological polar surface area (TPSA) is 61.9 Å². The first kappa shape index (κ1) is 19.7. The quantitative estimate of drug-likeness (QED) is 0.805. The molecule has 6 heteroatoms. The highest BCUT2D eigenvalue weighted by molar-refractivity contribution is 5.81. The van der Waals surface area contributed by atoms with Crippen molar-refractivity contribution in [3.05, 3.63) is 35.4 Å². The highest BCUT2D eigenvalue weighted by atomic mass is 16.5. The van der Waals surface area contributed by atoms with Gasteiger partial charge in [0.1, 0.15) is 0 Å². The average molecular weight is 373 g/mol. The number of benzene rings is 1. The molecule has 0 saturated carbocycles. The first-order chi connectivity index (χ1) is 13.1. The largest absolute Gasteiger partial charge is 0.378 e. The second-order valence-electron chi connectivity index (χ2n) is 7.55. The summed E-state index contributed by atoms with van der Waals surface area (Å²) in [4.78, 5) is 28.8. The number of morpholine rings is 1. The molecular weight excluding hydrogens is 342 g/mol. The predicted octanol–water partition coefficient (Wildman–Crippen LogP) is 2.21. The molecule has 1 aromatic rings. The van der Waals surface area contributed by atoms with Gasteiger partial charge in [0, 0.05) is 32.7 Å². The molecule has 27 heavy (non-hydrogen) atoms. The second-order valence-corrected chi connectivity index (χ2v) is 7.55. The Labute approximate surface area is 161 Å². The molecule has 2 saturated heterocycles. The van der Waals surface area contributed by atoms with Crippen LogP contribution in [0.3, 0.4) is 0 Å². The van der Waals surface area contributed by atoms with Crippen LogP contribution in [0.25, 0.3) is 0 Å². The molecule has 2 aliphatic heterocycles. The number of hydrogen-bond donors (Lipinski definition) is 1. The van der Waals surface area contributed by atoms with Gasteiger partial charge in [-0.2, -0.15) is 0 Å². The number of nitrogens with one attached hydrogen (secondary N) is 1. The number of carbonyl (C=O) groups excluding carboxylic acids is 2. The van der Waals surface area contributed by atoms with Crippen LogP contribution in [0, 0.1) is 12.8 Å². The number of hydrogen-bond acceptors (Lipinski definition) is 3. The number of ether oxygens (including phenoxy) is 1. The molecule has 0 aliphatic carbocycles. The molecule has 0 radical (unpaired) electrons. The highest BCUT2D eigenvalue weighted by Gasteiger charge is 2.31. The van der Waals surface area contributed by atoms with Crippen LogP contribution in [0.1, 0.15) is 30.4 Å². The first-order valence-corrected chi connectivity index (χ1v) is 10.1. The van der Waals surface area contributed by atoms with Crippen molar-refractivity contribution in [2.24, 2.45) is 5.92 Å². The maximum atomic E-state index is 12.7. The van der Waals surface area contributed by atoms with Crippen molar-refractivity contribution in [3.8, 4) is 0 Å². The molecule has 0 spiro atoms. The van der Waals surface area contributed by atoms with Crippen molar-refractivity contribution >= 4 is 11.9 Å². The molecule has 1 atom stereocenters. The van der Waals surface area contributed by atoms with Gasteiger partial charge in [0.25, 0.3) is 0 Å².